The summed E-state index contributed by atoms with van der Waals surface area (Å²) in [6, 6.07) is 4.80. The predicted molar refractivity (Wildman–Crippen MR) is 65.0 cm³/mol. The van der Waals surface area contributed by atoms with Crippen molar-refractivity contribution < 1.29 is 8.42 Å². The number of likely N-dealkylation sites (N-methyl/N-ethyl adjacent to an activating group) is 1. The van der Waals surface area contributed by atoms with Crippen LogP contribution in [0.5, 0.6) is 0 Å². The fourth-order valence-corrected chi connectivity index (χ4v) is 2.77. The fraction of sp³-hybridized carbons (Fsp3) is 0.300. The first kappa shape index (κ1) is 12.0. The topological polar surface area (TPSA) is 92.1 Å². The standard InChI is InChI=1S/C10H14N4O2S/c1-14(5-4-11)17(15,16)8-2-3-9-10(6-8)13-7-12-9/h2-3,6-7H,4-5,11H2,1H3,(H,12,13). The number of benzene rings is 1. The summed E-state index contributed by atoms with van der Waals surface area (Å²) >= 11 is 0. The van der Waals surface area contributed by atoms with Gasteiger partial charge in [0.25, 0.3) is 0 Å². The Hall–Kier alpha value is -1.44. The molecule has 0 radical (unpaired) electrons. The molecule has 0 fully saturated rings. The number of fused-ring (bicyclic) bond motifs is 1. The lowest BCUT2D eigenvalue weighted by atomic mass is 10.3. The Kier molecular flexibility index (Phi) is 3.14. The summed E-state index contributed by atoms with van der Waals surface area (Å²) in [5.74, 6) is 0. The van der Waals surface area contributed by atoms with Gasteiger partial charge in [0.2, 0.25) is 10.0 Å². The normalized spacial score (nSPS) is 12.4. The van der Waals surface area contributed by atoms with Crippen LogP contribution < -0.4 is 5.73 Å². The number of nitrogens with two attached hydrogens (primary N) is 1. The van der Waals surface area contributed by atoms with E-state index < -0.39 is 10.0 Å². The Balaban J connectivity index is 2.44. The van der Waals surface area contributed by atoms with Gasteiger partial charge in [-0.25, -0.2) is 13.4 Å². The molecule has 0 bridgehead atoms. The Morgan fingerprint density at radius 3 is 2.94 bits per heavy atom. The molecule has 1 heterocycles. The van der Waals surface area contributed by atoms with Crippen LogP contribution >= 0.6 is 0 Å². The summed E-state index contributed by atoms with van der Waals surface area (Å²) in [6.07, 6.45) is 1.53. The van der Waals surface area contributed by atoms with Crippen molar-refractivity contribution in [3.05, 3.63) is 24.5 Å². The number of H-pyrrole nitrogens is 1. The van der Waals surface area contributed by atoms with Crippen LogP contribution in [0.2, 0.25) is 0 Å². The van der Waals surface area contributed by atoms with Crippen molar-refractivity contribution in [3.8, 4) is 0 Å². The van der Waals surface area contributed by atoms with Gasteiger partial charge in [-0.15, -0.1) is 0 Å². The summed E-state index contributed by atoms with van der Waals surface area (Å²) in [4.78, 5) is 7.16. The van der Waals surface area contributed by atoms with Crippen LogP contribution in [0.1, 0.15) is 0 Å². The lowest BCUT2D eigenvalue weighted by molar-refractivity contribution is 0.477. The highest BCUT2D eigenvalue weighted by Gasteiger charge is 2.20. The molecule has 0 saturated carbocycles. The molecular weight excluding hydrogens is 240 g/mol. The second-order valence-corrected chi connectivity index (χ2v) is 5.74. The third-order valence-electron chi connectivity index (χ3n) is 2.54. The van der Waals surface area contributed by atoms with Gasteiger partial charge < -0.3 is 10.7 Å². The molecule has 6 nitrogen and oxygen atoms in total. The largest absolute Gasteiger partial charge is 0.345 e. The van der Waals surface area contributed by atoms with Gasteiger partial charge in [0, 0.05) is 20.1 Å². The van der Waals surface area contributed by atoms with Crippen LogP contribution in [0.15, 0.2) is 29.4 Å². The van der Waals surface area contributed by atoms with E-state index in [1.807, 2.05) is 0 Å². The molecule has 3 N–H and O–H groups in total. The molecule has 7 heteroatoms. The second-order valence-electron chi connectivity index (χ2n) is 3.70. The number of sulfonamides is 1. The van der Waals surface area contributed by atoms with E-state index in [0.717, 1.165) is 5.52 Å². The Morgan fingerprint density at radius 1 is 1.47 bits per heavy atom. The monoisotopic (exact) mass is 254 g/mol. The van der Waals surface area contributed by atoms with Crippen molar-refractivity contribution in [1.29, 1.82) is 0 Å². The highest BCUT2D eigenvalue weighted by molar-refractivity contribution is 7.89. The minimum absolute atomic E-state index is 0.241. The number of nitrogens with zero attached hydrogens (tertiary/aromatic N) is 2. The lowest BCUT2D eigenvalue weighted by Crippen LogP contribution is -2.31. The van der Waals surface area contributed by atoms with Gasteiger partial charge in [-0.2, -0.15) is 4.31 Å². The molecule has 0 saturated heterocycles. The van der Waals surface area contributed by atoms with E-state index in [2.05, 4.69) is 9.97 Å². The maximum Gasteiger partial charge on any atom is 0.242 e. The second kappa shape index (κ2) is 4.44. The smallest absolute Gasteiger partial charge is 0.242 e. The van der Waals surface area contributed by atoms with Gasteiger partial charge in [0.15, 0.2) is 0 Å². The summed E-state index contributed by atoms with van der Waals surface area (Å²) in [5, 5.41) is 0. The lowest BCUT2D eigenvalue weighted by Gasteiger charge is -2.15. The molecule has 1 aromatic heterocycles. The molecular formula is C10H14N4O2S. The summed E-state index contributed by atoms with van der Waals surface area (Å²) in [7, 11) is -1.95. The molecule has 0 atom stereocenters. The van der Waals surface area contributed by atoms with Gasteiger partial charge in [0.1, 0.15) is 0 Å². The molecule has 0 spiro atoms. The first-order chi connectivity index (χ1) is 8.05. The molecule has 0 aliphatic rings. The van der Waals surface area contributed by atoms with Crippen LogP contribution in [-0.4, -0.2) is 42.8 Å². The quantitative estimate of drug-likeness (QED) is 0.812. The predicted octanol–water partition coefficient (Wildman–Crippen LogP) is 0.142. The van der Waals surface area contributed by atoms with Gasteiger partial charge in [-0.3, -0.25) is 0 Å². The molecule has 0 amide bonds. The van der Waals surface area contributed by atoms with E-state index in [9.17, 15) is 8.42 Å². The zero-order chi connectivity index (χ0) is 12.5. The van der Waals surface area contributed by atoms with Gasteiger partial charge in [0.05, 0.1) is 22.3 Å². The first-order valence-electron chi connectivity index (χ1n) is 5.15. The van der Waals surface area contributed by atoms with Crippen molar-refractivity contribution in [1.82, 2.24) is 14.3 Å². The third-order valence-corrected chi connectivity index (χ3v) is 4.40. The number of imidazole rings is 1. The maximum atomic E-state index is 12.1. The maximum absolute atomic E-state index is 12.1. The minimum Gasteiger partial charge on any atom is -0.345 e. The Labute approximate surface area is 99.5 Å². The van der Waals surface area contributed by atoms with E-state index in [-0.39, 0.29) is 4.90 Å². The molecule has 0 aliphatic heterocycles. The van der Waals surface area contributed by atoms with Crippen LogP contribution in [0, 0.1) is 0 Å². The summed E-state index contributed by atoms with van der Waals surface area (Å²) in [6.45, 7) is 0.589. The molecule has 92 valence electrons. The van der Waals surface area contributed by atoms with Crippen molar-refractivity contribution in [2.24, 2.45) is 5.73 Å². The van der Waals surface area contributed by atoms with Crippen molar-refractivity contribution in [2.75, 3.05) is 20.1 Å². The van der Waals surface area contributed by atoms with Crippen molar-refractivity contribution in [2.45, 2.75) is 4.90 Å². The number of aromatic nitrogens is 2. The molecule has 2 aromatic rings. The summed E-state index contributed by atoms with van der Waals surface area (Å²) in [5.41, 5.74) is 6.80. The van der Waals surface area contributed by atoms with Crippen LogP contribution in [0.3, 0.4) is 0 Å². The third kappa shape index (κ3) is 2.17. The highest BCUT2D eigenvalue weighted by atomic mass is 32.2. The molecule has 1 aromatic carbocycles. The zero-order valence-electron chi connectivity index (χ0n) is 9.42. The van der Waals surface area contributed by atoms with Crippen molar-refractivity contribution in [3.63, 3.8) is 0 Å². The number of nitrogens with one attached hydrogen (secondary N) is 1. The Bertz CT molecular complexity index is 620. The van der Waals surface area contributed by atoms with Crippen LogP contribution in [0.25, 0.3) is 11.0 Å². The van der Waals surface area contributed by atoms with Gasteiger partial charge in [-0.1, -0.05) is 0 Å². The summed E-state index contributed by atoms with van der Waals surface area (Å²) < 4.78 is 25.5. The van der Waals surface area contributed by atoms with Crippen molar-refractivity contribution >= 4 is 21.1 Å². The average molecular weight is 254 g/mol. The molecule has 0 aliphatic carbocycles. The number of hydrogen-bond donors (Lipinski definition) is 2. The fourth-order valence-electron chi connectivity index (χ4n) is 1.56. The van der Waals surface area contributed by atoms with E-state index in [4.69, 9.17) is 5.73 Å². The van der Waals surface area contributed by atoms with Gasteiger partial charge in [-0.05, 0) is 18.2 Å². The SMILES string of the molecule is CN(CCN)S(=O)(=O)c1ccc2nc[nH]c2c1. The van der Waals surface area contributed by atoms with Crippen LogP contribution in [-0.2, 0) is 10.0 Å². The molecule has 2 rings (SSSR count). The zero-order valence-corrected chi connectivity index (χ0v) is 10.2. The number of hydrogen-bond acceptors (Lipinski definition) is 4. The van der Waals surface area contributed by atoms with E-state index in [1.165, 1.54) is 17.7 Å². The highest BCUT2D eigenvalue weighted by Crippen LogP contribution is 2.18. The minimum atomic E-state index is -3.46. The van der Waals surface area contributed by atoms with E-state index in [0.29, 0.717) is 18.6 Å². The molecule has 17 heavy (non-hydrogen) atoms. The van der Waals surface area contributed by atoms with Gasteiger partial charge >= 0.3 is 0 Å². The Morgan fingerprint density at radius 2 is 2.24 bits per heavy atom. The molecule has 0 unspecified atom stereocenters. The number of rotatable bonds is 4. The van der Waals surface area contributed by atoms with E-state index in [1.54, 1.807) is 18.2 Å². The first-order valence-corrected chi connectivity index (χ1v) is 6.59. The average Bonchev–Trinajstić information content (AvgIpc) is 2.76. The van der Waals surface area contributed by atoms with Crippen LogP contribution in [0.4, 0.5) is 0 Å². The number of aromatic amines is 1. The van der Waals surface area contributed by atoms with E-state index >= 15 is 0 Å².